The third kappa shape index (κ3) is 2.33. The highest BCUT2D eigenvalue weighted by molar-refractivity contribution is 5.77. The molecule has 2 aromatic rings. The van der Waals surface area contributed by atoms with E-state index < -0.39 is 0 Å². The maximum Gasteiger partial charge on any atom is 0.161 e. The first-order valence-corrected chi connectivity index (χ1v) is 7.33. The first-order chi connectivity index (χ1) is 10.4. The smallest absolute Gasteiger partial charge is 0.161 e. The molecule has 21 heavy (non-hydrogen) atoms. The average Bonchev–Trinajstić information content (AvgIpc) is 3.09. The fourth-order valence-corrected chi connectivity index (χ4v) is 2.88. The van der Waals surface area contributed by atoms with Gasteiger partial charge in [0.2, 0.25) is 0 Å². The molecule has 104 valence electrons. The Morgan fingerprint density at radius 1 is 0.952 bits per heavy atom. The van der Waals surface area contributed by atoms with E-state index in [9.17, 15) is 0 Å². The number of para-hydroxylation sites is 1. The van der Waals surface area contributed by atoms with Gasteiger partial charge < -0.3 is 9.64 Å². The topological polar surface area (TPSA) is 12.5 Å². The van der Waals surface area contributed by atoms with E-state index >= 15 is 0 Å². The highest BCUT2D eigenvalue weighted by Gasteiger charge is 2.17. The Morgan fingerprint density at radius 3 is 2.62 bits per heavy atom. The van der Waals surface area contributed by atoms with Crippen LogP contribution in [-0.2, 0) is 6.54 Å². The van der Waals surface area contributed by atoms with E-state index in [-0.39, 0.29) is 0 Å². The molecule has 1 heterocycles. The van der Waals surface area contributed by atoms with E-state index in [1.165, 1.54) is 22.4 Å². The highest BCUT2D eigenvalue weighted by atomic mass is 16.5. The van der Waals surface area contributed by atoms with Crippen molar-refractivity contribution >= 4 is 11.3 Å². The minimum Gasteiger partial charge on any atom is -0.473 e. The van der Waals surface area contributed by atoms with Gasteiger partial charge in [-0.25, -0.2) is 0 Å². The van der Waals surface area contributed by atoms with Gasteiger partial charge in [-0.2, -0.15) is 0 Å². The second-order valence-electron chi connectivity index (χ2n) is 5.42. The monoisotopic (exact) mass is 275 g/mol. The van der Waals surface area contributed by atoms with Crippen molar-refractivity contribution in [2.45, 2.75) is 13.0 Å². The minimum atomic E-state index is 0.610. The number of benzene rings is 2. The number of nitrogens with zero attached hydrogens (tertiary/aromatic N) is 1. The molecular weight excluding hydrogens is 258 g/mol. The molecule has 0 atom stereocenters. The molecule has 1 aliphatic carbocycles. The summed E-state index contributed by atoms with van der Waals surface area (Å²) in [7, 11) is 0. The summed E-state index contributed by atoms with van der Waals surface area (Å²) in [6.45, 7) is 1.51. The number of hydrogen-bond acceptors (Lipinski definition) is 2. The van der Waals surface area contributed by atoms with E-state index in [0.717, 1.165) is 18.7 Å². The van der Waals surface area contributed by atoms with Crippen LogP contribution in [-0.4, -0.2) is 6.73 Å². The molecule has 0 radical (unpaired) electrons. The van der Waals surface area contributed by atoms with E-state index in [0.29, 0.717) is 6.73 Å². The van der Waals surface area contributed by atoms with E-state index in [2.05, 4.69) is 59.5 Å². The molecular formula is C19H17NO. The van der Waals surface area contributed by atoms with Crippen LogP contribution < -0.4 is 9.64 Å². The molecule has 0 fully saturated rings. The van der Waals surface area contributed by atoms with Gasteiger partial charge in [-0.05, 0) is 35.8 Å². The molecule has 0 unspecified atom stereocenters. The summed E-state index contributed by atoms with van der Waals surface area (Å²) in [5.41, 5.74) is 5.05. The molecule has 0 amide bonds. The zero-order valence-electron chi connectivity index (χ0n) is 11.8. The van der Waals surface area contributed by atoms with E-state index in [1.54, 1.807) is 0 Å². The first-order valence-electron chi connectivity index (χ1n) is 7.33. The molecule has 0 spiro atoms. The fourth-order valence-electron chi connectivity index (χ4n) is 2.88. The lowest BCUT2D eigenvalue weighted by Gasteiger charge is -2.30. The number of ether oxygens (including phenoxy) is 1. The van der Waals surface area contributed by atoms with Crippen LogP contribution in [0.25, 0.3) is 5.57 Å². The summed E-state index contributed by atoms with van der Waals surface area (Å²) in [5, 5.41) is 0. The second kappa shape index (κ2) is 5.13. The number of allylic oxidation sites excluding steroid dienone is 4. The van der Waals surface area contributed by atoms with Crippen molar-refractivity contribution in [2.75, 3.05) is 11.6 Å². The number of hydrogen-bond donors (Lipinski definition) is 0. The van der Waals surface area contributed by atoms with Crippen molar-refractivity contribution in [1.82, 2.24) is 0 Å². The zero-order chi connectivity index (χ0) is 14.1. The molecule has 2 aromatic carbocycles. The van der Waals surface area contributed by atoms with Crippen LogP contribution in [0.15, 0.2) is 66.8 Å². The van der Waals surface area contributed by atoms with Gasteiger partial charge in [-0.3, -0.25) is 0 Å². The van der Waals surface area contributed by atoms with Crippen LogP contribution in [0.4, 0.5) is 5.69 Å². The van der Waals surface area contributed by atoms with Gasteiger partial charge in [0, 0.05) is 17.8 Å². The third-order valence-corrected chi connectivity index (χ3v) is 4.05. The Labute approximate surface area is 125 Å². The van der Waals surface area contributed by atoms with Gasteiger partial charge in [0.15, 0.2) is 6.73 Å². The Morgan fingerprint density at radius 2 is 1.81 bits per heavy atom. The summed E-state index contributed by atoms with van der Waals surface area (Å²) < 4.78 is 5.82. The number of anilines is 1. The maximum absolute atomic E-state index is 5.82. The van der Waals surface area contributed by atoms with Gasteiger partial charge in [0.25, 0.3) is 0 Å². The average molecular weight is 275 g/mol. The summed E-state index contributed by atoms with van der Waals surface area (Å²) in [6.07, 6.45) is 7.69. The second-order valence-corrected chi connectivity index (χ2v) is 5.42. The number of rotatable bonds is 2. The lowest BCUT2D eigenvalue weighted by atomic mass is 10.1. The lowest BCUT2D eigenvalue weighted by molar-refractivity contribution is 0.289. The Kier molecular flexibility index (Phi) is 3.00. The summed E-state index contributed by atoms with van der Waals surface area (Å²) in [5.74, 6) is 1.01. The molecule has 0 N–H and O–H groups in total. The van der Waals surface area contributed by atoms with Crippen molar-refractivity contribution < 1.29 is 4.74 Å². The molecule has 0 saturated heterocycles. The summed E-state index contributed by atoms with van der Waals surface area (Å²) in [4.78, 5) is 2.25. The van der Waals surface area contributed by atoms with Crippen molar-refractivity contribution in [3.05, 3.63) is 77.9 Å². The molecule has 2 aliphatic rings. The predicted molar refractivity (Wildman–Crippen MR) is 86.3 cm³/mol. The molecule has 4 rings (SSSR count). The third-order valence-electron chi connectivity index (χ3n) is 4.05. The minimum absolute atomic E-state index is 0.610. The molecule has 2 nitrogen and oxygen atoms in total. The molecule has 0 aromatic heterocycles. The molecule has 0 saturated carbocycles. The first kappa shape index (κ1) is 12.3. The number of fused-ring (bicyclic) bond motifs is 1. The Balaban J connectivity index is 1.56. The van der Waals surface area contributed by atoms with Gasteiger partial charge >= 0.3 is 0 Å². The standard InChI is InChI=1S/C19H17NO/c1-2-6-15(5-1)16-9-11-18(12-10-16)20-13-17-7-3-4-8-19(17)21-14-20/h1,3-12H,2,13-14H2. The quantitative estimate of drug-likeness (QED) is 0.806. The summed E-state index contributed by atoms with van der Waals surface area (Å²) >= 11 is 0. The van der Waals surface area contributed by atoms with Crippen LogP contribution in [0.1, 0.15) is 17.5 Å². The van der Waals surface area contributed by atoms with E-state index in [4.69, 9.17) is 4.74 Å². The van der Waals surface area contributed by atoms with Crippen molar-refractivity contribution in [3.8, 4) is 5.75 Å². The zero-order valence-corrected chi connectivity index (χ0v) is 11.8. The van der Waals surface area contributed by atoms with Crippen LogP contribution in [0.5, 0.6) is 5.75 Å². The van der Waals surface area contributed by atoms with Crippen LogP contribution in [0.2, 0.25) is 0 Å². The maximum atomic E-state index is 5.82. The van der Waals surface area contributed by atoms with Gasteiger partial charge in [0.05, 0.1) is 0 Å². The summed E-state index contributed by atoms with van der Waals surface area (Å²) in [6, 6.07) is 17.0. The van der Waals surface area contributed by atoms with Gasteiger partial charge in [-0.15, -0.1) is 0 Å². The Bertz CT molecular complexity index is 713. The van der Waals surface area contributed by atoms with Crippen molar-refractivity contribution in [2.24, 2.45) is 0 Å². The Hall–Kier alpha value is -2.48. The SMILES string of the molecule is C1=CC(c2ccc(N3COc4ccccc4C3)cc2)=CC1. The van der Waals surface area contributed by atoms with Gasteiger partial charge in [-0.1, -0.05) is 48.6 Å². The van der Waals surface area contributed by atoms with Crippen LogP contribution in [0, 0.1) is 0 Å². The predicted octanol–water partition coefficient (Wildman–Crippen LogP) is 4.39. The lowest BCUT2D eigenvalue weighted by Crippen LogP contribution is -2.31. The molecule has 0 bridgehead atoms. The van der Waals surface area contributed by atoms with Crippen LogP contribution >= 0.6 is 0 Å². The van der Waals surface area contributed by atoms with Crippen molar-refractivity contribution in [1.29, 1.82) is 0 Å². The normalized spacial score (nSPS) is 16.4. The largest absolute Gasteiger partial charge is 0.473 e. The highest BCUT2D eigenvalue weighted by Crippen LogP contribution is 2.29. The van der Waals surface area contributed by atoms with E-state index in [1.807, 2.05) is 12.1 Å². The van der Waals surface area contributed by atoms with Crippen molar-refractivity contribution in [3.63, 3.8) is 0 Å². The van der Waals surface area contributed by atoms with Crippen LogP contribution in [0.3, 0.4) is 0 Å². The fraction of sp³-hybridized carbons (Fsp3) is 0.158. The molecule has 2 heteroatoms. The van der Waals surface area contributed by atoms with Gasteiger partial charge in [0.1, 0.15) is 5.75 Å². The molecule has 1 aliphatic heterocycles.